The fourth-order valence-corrected chi connectivity index (χ4v) is 0.524. The quantitative estimate of drug-likeness (QED) is 0.582. The monoisotopic (exact) mass is 231 g/mol. The molecule has 0 saturated carbocycles. The predicted molar refractivity (Wildman–Crippen MR) is 42.2 cm³/mol. The lowest BCUT2D eigenvalue weighted by atomic mass is 10.3. The molecular formula is C4H11Br2N. The third kappa shape index (κ3) is 10.9. The number of nitrogens with one attached hydrogen (secondary N) is 1. The topological polar surface area (TPSA) is 12.0 Å². The van der Waals surface area contributed by atoms with Crippen LogP contribution in [0.1, 0.15) is 19.8 Å². The lowest BCUT2D eigenvalue weighted by Gasteiger charge is -1.87. The van der Waals surface area contributed by atoms with Crippen LogP contribution in [0.4, 0.5) is 0 Å². The van der Waals surface area contributed by atoms with Crippen molar-refractivity contribution < 1.29 is 0 Å². The van der Waals surface area contributed by atoms with Gasteiger partial charge >= 0.3 is 0 Å². The van der Waals surface area contributed by atoms with E-state index in [0.717, 1.165) is 6.54 Å². The summed E-state index contributed by atoms with van der Waals surface area (Å²) >= 11 is 3.10. The first-order valence-corrected chi connectivity index (χ1v) is 3.04. The van der Waals surface area contributed by atoms with Gasteiger partial charge in [-0.05, 0) is 6.42 Å². The third-order valence-electron chi connectivity index (χ3n) is 0.625. The summed E-state index contributed by atoms with van der Waals surface area (Å²) in [4.78, 5) is 0. The first kappa shape index (κ1) is 10.8. The van der Waals surface area contributed by atoms with Crippen LogP contribution in [0.15, 0.2) is 0 Å². The van der Waals surface area contributed by atoms with Gasteiger partial charge in [-0.2, -0.15) is 0 Å². The Balaban J connectivity index is 0. The van der Waals surface area contributed by atoms with E-state index in [0.29, 0.717) is 0 Å². The van der Waals surface area contributed by atoms with E-state index in [1.807, 2.05) is 0 Å². The largest absolute Gasteiger partial charge is 0.256 e. The molecule has 0 unspecified atom stereocenters. The molecule has 0 aromatic rings. The first-order chi connectivity index (χ1) is 2.91. The summed E-state index contributed by atoms with van der Waals surface area (Å²) in [7, 11) is 0. The second-order valence-electron chi connectivity index (χ2n) is 1.24. The van der Waals surface area contributed by atoms with Crippen molar-refractivity contribution in [2.75, 3.05) is 6.54 Å². The molecule has 0 aliphatic heterocycles. The Bertz CT molecular complexity index is 21.7. The molecule has 3 heteroatoms. The molecule has 0 amide bonds. The van der Waals surface area contributed by atoms with Crippen LogP contribution < -0.4 is 4.34 Å². The average Bonchev–Trinajstić information content (AvgIpc) is 1.61. The molecule has 0 aromatic heterocycles. The summed E-state index contributed by atoms with van der Waals surface area (Å²) in [6.45, 7) is 3.25. The van der Waals surface area contributed by atoms with E-state index in [4.69, 9.17) is 0 Å². The van der Waals surface area contributed by atoms with Crippen molar-refractivity contribution in [1.82, 2.24) is 4.34 Å². The van der Waals surface area contributed by atoms with E-state index in [1.165, 1.54) is 12.8 Å². The van der Waals surface area contributed by atoms with Gasteiger partial charge in [-0.25, -0.2) is 0 Å². The molecule has 7 heavy (non-hydrogen) atoms. The second-order valence-corrected chi connectivity index (χ2v) is 1.80. The van der Waals surface area contributed by atoms with E-state index in [2.05, 4.69) is 27.4 Å². The molecule has 0 aromatic carbocycles. The zero-order valence-corrected chi connectivity index (χ0v) is 7.71. The standard InChI is InChI=1S/C4H10BrN.BrH/c1-2-3-4-6-5;/h6H,2-4H2,1H3;1H. The van der Waals surface area contributed by atoms with Crippen molar-refractivity contribution in [3.8, 4) is 0 Å². The van der Waals surface area contributed by atoms with Gasteiger partial charge in [0.2, 0.25) is 0 Å². The highest BCUT2D eigenvalue weighted by atomic mass is 79.9. The number of hydrogen-bond acceptors (Lipinski definition) is 1. The maximum Gasteiger partial charge on any atom is 0.00875 e. The number of unbranched alkanes of at least 4 members (excludes halogenated alkanes) is 1. The van der Waals surface area contributed by atoms with Gasteiger partial charge < -0.3 is 0 Å². The minimum absolute atomic E-state index is 0. The molecule has 0 bridgehead atoms. The van der Waals surface area contributed by atoms with Gasteiger partial charge in [0.1, 0.15) is 0 Å². The SMILES string of the molecule is Br.CCCCNBr. The molecule has 0 atom stereocenters. The summed E-state index contributed by atoms with van der Waals surface area (Å²) in [5, 5.41) is 0. The van der Waals surface area contributed by atoms with Gasteiger partial charge in [0, 0.05) is 22.7 Å². The Labute approximate surface area is 64.0 Å². The highest BCUT2D eigenvalue weighted by Crippen LogP contribution is 1.82. The molecule has 1 nitrogen and oxygen atoms in total. The minimum Gasteiger partial charge on any atom is -0.256 e. The summed E-state index contributed by atoms with van der Waals surface area (Å²) < 4.78 is 2.88. The minimum atomic E-state index is 0. The Morgan fingerprint density at radius 2 is 2.14 bits per heavy atom. The van der Waals surface area contributed by atoms with Gasteiger partial charge in [0.25, 0.3) is 0 Å². The molecule has 0 heterocycles. The van der Waals surface area contributed by atoms with Crippen molar-refractivity contribution in [2.24, 2.45) is 0 Å². The molecule has 46 valence electrons. The predicted octanol–water partition coefficient (Wildman–Crippen LogP) is 2.26. The molecule has 0 aliphatic carbocycles. The zero-order valence-electron chi connectivity index (χ0n) is 4.41. The van der Waals surface area contributed by atoms with E-state index in [9.17, 15) is 0 Å². The van der Waals surface area contributed by atoms with Crippen LogP contribution in [0.5, 0.6) is 0 Å². The molecule has 1 N–H and O–H groups in total. The summed E-state index contributed by atoms with van der Waals surface area (Å²) in [6, 6.07) is 0. The molecule has 0 radical (unpaired) electrons. The van der Waals surface area contributed by atoms with Gasteiger partial charge in [0.15, 0.2) is 0 Å². The fourth-order valence-electron chi connectivity index (χ4n) is 0.244. The smallest absolute Gasteiger partial charge is 0.00875 e. The molecule has 0 rings (SSSR count). The fraction of sp³-hybridized carbons (Fsp3) is 1.00. The van der Waals surface area contributed by atoms with Crippen LogP contribution in [0.3, 0.4) is 0 Å². The highest BCUT2D eigenvalue weighted by molar-refractivity contribution is 9.08. The van der Waals surface area contributed by atoms with Crippen molar-refractivity contribution in [3.05, 3.63) is 0 Å². The summed E-state index contributed by atoms with van der Waals surface area (Å²) in [5.74, 6) is 0. The van der Waals surface area contributed by atoms with Crippen molar-refractivity contribution in [1.29, 1.82) is 0 Å². The van der Waals surface area contributed by atoms with Gasteiger partial charge in [0.05, 0.1) is 0 Å². The van der Waals surface area contributed by atoms with Crippen molar-refractivity contribution >= 4 is 33.1 Å². The van der Waals surface area contributed by atoms with E-state index < -0.39 is 0 Å². The zero-order chi connectivity index (χ0) is 4.83. The molecule has 0 fully saturated rings. The first-order valence-electron chi connectivity index (χ1n) is 2.25. The van der Waals surface area contributed by atoms with Crippen molar-refractivity contribution in [3.63, 3.8) is 0 Å². The van der Waals surface area contributed by atoms with E-state index in [-0.39, 0.29) is 17.0 Å². The Hall–Kier alpha value is 0.920. The van der Waals surface area contributed by atoms with Gasteiger partial charge in [-0.1, -0.05) is 13.3 Å². The van der Waals surface area contributed by atoms with Crippen LogP contribution in [0, 0.1) is 0 Å². The normalized spacial score (nSPS) is 7.71. The van der Waals surface area contributed by atoms with E-state index in [1.54, 1.807) is 0 Å². The van der Waals surface area contributed by atoms with Crippen LogP contribution >= 0.6 is 33.1 Å². The molecule has 0 aliphatic rings. The van der Waals surface area contributed by atoms with Crippen LogP contribution in [0.2, 0.25) is 0 Å². The van der Waals surface area contributed by atoms with Crippen LogP contribution in [-0.4, -0.2) is 6.54 Å². The van der Waals surface area contributed by atoms with Crippen molar-refractivity contribution in [2.45, 2.75) is 19.8 Å². The van der Waals surface area contributed by atoms with Crippen LogP contribution in [0.25, 0.3) is 0 Å². The van der Waals surface area contributed by atoms with Gasteiger partial charge in [-0.15, -0.1) is 17.0 Å². The van der Waals surface area contributed by atoms with Gasteiger partial charge in [-0.3, -0.25) is 4.34 Å². The second kappa shape index (κ2) is 10.0. The average molecular weight is 233 g/mol. The Morgan fingerprint density at radius 3 is 2.29 bits per heavy atom. The van der Waals surface area contributed by atoms with Crippen LogP contribution in [-0.2, 0) is 0 Å². The Morgan fingerprint density at radius 1 is 1.57 bits per heavy atom. The number of rotatable bonds is 3. The highest BCUT2D eigenvalue weighted by Gasteiger charge is 1.74. The molecule has 0 saturated heterocycles. The lowest BCUT2D eigenvalue weighted by Crippen LogP contribution is -1.97. The Kier molecular flexibility index (Phi) is 15.5. The maximum absolute atomic E-state index is 3.10. The molecule has 0 spiro atoms. The summed E-state index contributed by atoms with van der Waals surface area (Å²) in [5.41, 5.74) is 0. The lowest BCUT2D eigenvalue weighted by molar-refractivity contribution is 0.782. The number of halogens is 2. The summed E-state index contributed by atoms with van der Waals surface area (Å²) in [6.07, 6.45) is 2.52. The third-order valence-corrected chi connectivity index (χ3v) is 1.02. The number of hydrogen-bond donors (Lipinski definition) is 1. The maximum atomic E-state index is 3.10. The molecular weight excluding hydrogens is 222 g/mol. The van der Waals surface area contributed by atoms with E-state index >= 15 is 0 Å².